The van der Waals surface area contributed by atoms with Gasteiger partial charge in [0.1, 0.15) is 11.5 Å². The van der Waals surface area contributed by atoms with Crippen molar-refractivity contribution in [2.45, 2.75) is 18.9 Å². The van der Waals surface area contributed by atoms with Crippen molar-refractivity contribution >= 4 is 5.69 Å². The fraction of sp³-hybridized carbons (Fsp3) is 0.250. The van der Waals surface area contributed by atoms with Gasteiger partial charge in [0.15, 0.2) is 0 Å². The zero-order valence-corrected chi connectivity index (χ0v) is 10.8. The first-order chi connectivity index (χ1) is 9.31. The molecule has 1 aliphatic heterocycles. The van der Waals surface area contributed by atoms with E-state index in [1.807, 2.05) is 36.4 Å². The molecule has 3 N–H and O–H groups in total. The quantitative estimate of drug-likeness (QED) is 0.824. The first-order valence-corrected chi connectivity index (χ1v) is 6.68. The molecule has 3 heteroatoms. The van der Waals surface area contributed by atoms with Crippen molar-refractivity contribution in [3.8, 4) is 11.5 Å². The van der Waals surface area contributed by atoms with Crippen LogP contribution in [0, 0.1) is 0 Å². The molecule has 1 fully saturated rings. The molecule has 1 heterocycles. The van der Waals surface area contributed by atoms with Crippen LogP contribution in [-0.2, 0) is 0 Å². The maximum Gasteiger partial charge on any atom is 0.127 e. The van der Waals surface area contributed by atoms with E-state index in [1.165, 1.54) is 18.4 Å². The van der Waals surface area contributed by atoms with E-state index in [0.717, 1.165) is 23.7 Å². The monoisotopic (exact) mass is 254 g/mol. The Balaban J connectivity index is 1.70. The number of nitrogens with two attached hydrogens (primary N) is 1. The normalized spacial score (nSPS) is 18.4. The molecule has 0 amide bonds. The number of hydrogen-bond acceptors (Lipinski definition) is 3. The highest BCUT2D eigenvalue weighted by Crippen LogP contribution is 2.27. The second-order valence-corrected chi connectivity index (χ2v) is 4.89. The molecular formula is C16H18N2O. The molecule has 1 unspecified atom stereocenters. The summed E-state index contributed by atoms with van der Waals surface area (Å²) in [6.45, 7) is 1.12. The molecule has 3 nitrogen and oxygen atoms in total. The summed E-state index contributed by atoms with van der Waals surface area (Å²) in [5.74, 6) is 1.66. The molecular weight excluding hydrogens is 236 g/mol. The van der Waals surface area contributed by atoms with Crippen molar-refractivity contribution in [1.29, 1.82) is 0 Å². The smallest absolute Gasteiger partial charge is 0.127 e. The van der Waals surface area contributed by atoms with Crippen LogP contribution in [0.25, 0.3) is 0 Å². The highest BCUT2D eigenvalue weighted by atomic mass is 16.5. The highest BCUT2D eigenvalue weighted by molar-refractivity contribution is 5.43. The van der Waals surface area contributed by atoms with Crippen molar-refractivity contribution < 1.29 is 4.74 Å². The van der Waals surface area contributed by atoms with E-state index in [1.54, 1.807) is 0 Å². The maximum atomic E-state index is 5.78. The summed E-state index contributed by atoms with van der Waals surface area (Å²) >= 11 is 0. The van der Waals surface area contributed by atoms with Gasteiger partial charge in [0.05, 0.1) is 0 Å². The van der Waals surface area contributed by atoms with E-state index < -0.39 is 0 Å². The third-order valence-corrected chi connectivity index (χ3v) is 3.46. The predicted molar refractivity (Wildman–Crippen MR) is 77.3 cm³/mol. The fourth-order valence-electron chi connectivity index (χ4n) is 2.41. The third-order valence-electron chi connectivity index (χ3n) is 3.46. The molecule has 0 radical (unpaired) electrons. The maximum absolute atomic E-state index is 5.78. The number of rotatable bonds is 3. The molecule has 1 atom stereocenters. The Morgan fingerprint density at radius 1 is 0.947 bits per heavy atom. The molecule has 0 aromatic heterocycles. The molecule has 0 aliphatic carbocycles. The van der Waals surface area contributed by atoms with Gasteiger partial charge in [0.2, 0.25) is 0 Å². The number of nitrogens with one attached hydrogen (secondary N) is 1. The van der Waals surface area contributed by atoms with Crippen molar-refractivity contribution in [3.05, 3.63) is 54.1 Å². The Morgan fingerprint density at radius 3 is 2.16 bits per heavy atom. The molecule has 0 bridgehead atoms. The standard InChI is InChI=1S/C16H18N2O/c17-13-5-9-15(10-6-13)19-14-7-3-12(4-8-14)16-2-1-11-18-16/h3-10,16,18H,1-2,11,17H2. The molecule has 0 spiro atoms. The summed E-state index contributed by atoms with van der Waals surface area (Å²) in [5.41, 5.74) is 7.73. The van der Waals surface area contributed by atoms with Crippen LogP contribution in [0.4, 0.5) is 5.69 Å². The van der Waals surface area contributed by atoms with Crippen LogP contribution >= 0.6 is 0 Å². The van der Waals surface area contributed by atoms with Gasteiger partial charge in [-0.2, -0.15) is 0 Å². The minimum atomic E-state index is 0.505. The van der Waals surface area contributed by atoms with Gasteiger partial charge in [-0.1, -0.05) is 12.1 Å². The average molecular weight is 254 g/mol. The van der Waals surface area contributed by atoms with Crippen LogP contribution in [0.15, 0.2) is 48.5 Å². The van der Waals surface area contributed by atoms with Crippen LogP contribution < -0.4 is 15.8 Å². The van der Waals surface area contributed by atoms with Crippen LogP contribution in [0.2, 0.25) is 0 Å². The van der Waals surface area contributed by atoms with Crippen LogP contribution in [0.5, 0.6) is 11.5 Å². The summed E-state index contributed by atoms with van der Waals surface area (Å²) < 4.78 is 5.78. The lowest BCUT2D eigenvalue weighted by Gasteiger charge is -2.11. The first-order valence-electron chi connectivity index (χ1n) is 6.68. The lowest BCUT2D eigenvalue weighted by molar-refractivity contribution is 0.482. The number of anilines is 1. The molecule has 1 aliphatic rings. The molecule has 98 valence electrons. The van der Waals surface area contributed by atoms with Crippen LogP contribution in [0.3, 0.4) is 0 Å². The van der Waals surface area contributed by atoms with Crippen LogP contribution in [0.1, 0.15) is 24.4 Å². The lowest BCUT2D eigenvalue weighted by Crippen LogP contribution is -2.12. The van der Waals surface area contributed by atoms with Crippen molar-refractivity contribution in [2.24, 2.45) is 0 Å². The van der Waals surface area contributed by atoms with Gasteiger partial charge in [-0.15, -0.1) is 0 Å². The highest BCUT2D eigenvalue weighted by Gasteiger charge is 2.15. The average Bonchev–Trinajstić information content (AvgIpc) is 2.96. The summed E-state index contributed by atoms with van der Waals surface area (Å²) in [5, 5.41) is 3.49. The van der Waals surface area contributed by atoms with E-state index in [-0.39, 0.29) is 0 Å². The Kier molecular flexibility index (Phi) is 3.38. The second kappa shape index (κ2) is 5.33. The Labute approximate surface area is 113 Å². The summed E-state index contributed by atoms with van der Waals surface area (Å²) in [6, 6.07) is 16.2. The lowest BCUT2D eigenvalue weighted by atomic mass is 10.1. The summed E-state index contributed by atoms with van der Waals surface area (Å²) in [4.78, 5) is 0. The van der Waals surface area contributed by atoms with Gasteiger partial charge < -0.3 is 15.8 Å². The van der Waals surface area contributed by atoms with Crippen molar-refractivity contribution in [2.75, 3.05) is 12.3 Å². The molecule has 19 heavy (non-hydrogen) atoms. The van der Waals surface area contributed by atoms with Gasteiger partial charge in [0.25, 0.3) is 0 Å². The van der Waals surface area contributed by atoms with Gasteiger partial charge in [0, 0.05) is 11.7 Å². The SMILES string of the molecule is Nc1ccc(Oc2ccc(C3CCCN3)cc2)cc1. The molecule has 0 saturated carbocycles. The summed E-state index contributed by atoms with van der Waals surface area (Å²) in [6.07, 6.45) is 2.48. The third kappa shape index (κ3) is 2.88. The van der Waals surface area contributed by atoms with E-state index in [2.05, 4.69) is 17.4 Å². The zero-order valence-electron chi connectivity index (χ0n) is 10.8. The fourth-order valence-corrected chi connectivity index (χ4v) is 2.41. The topological polar surface area (TPSA) is 47.3 Å². The first kappa shape index (κ1) is 12.1. The van der Waals surface area contributed by atoms with Crippen molar-refractivity contribution in [1.82, 2.24) is 5.32 Å². The van der Waals surface area contributed by atoms with E-state index in [4.69, 9.17) is 10.5 Å². The van der Waals surface area contributed by atoms with Gasteiger partial charge >= 0.3 is 0 Å². The second-order valence-electron chi connectivity index (χ2n) is 4.89. The van der Waals surface area contributed by atoms with Gasteiger partial charge in [-0.25, -0.2) is 0 Å². The van der Waals surface area contributed by atoms with Crippen LogP contribution in [-0.4, -0.2) is 6.54 Å². The molecule has 3 rings (SSSR count). The summed E-state index contributed by atoms with van der Waals surface area (Å²) in [7, 11) is 0. The van der Waals surface area contributed by atoms with Gasteiger partial charge in [-0.3, -0.25) is 0 Å². The molecule has 2 aromatic rings. The zero-order chi connectivity index (χ0) is 13.1. The number of nitrogen functional groups attached to an aromatic ring is 1. The van der Waals surface area contributed by atoms with E-state index >= 15 is 0 Å². The number of ether oxygens (including phenoxy) is 1. The number of hydrogen-bond donors (Lipinski definition) is 2. The number of benzene rings is 2. The Hall–Kier alpha value is -2.00. The molecule has 1 saturated heterocycles. The molecule has 2 aromatic carbocycles. The Bertz CT molecular complexity index is 528. The van der Waals surface area contributed by atoms with Crippen molar-refractivity contribution in [3.63, 3.8) is 0 Å². The largest absolute Gasteiger partial charge is 0.457 e. The predicted octanol–water partition coefficient (Wildman–Crippen LogP) is 3.49. The minimum Gasteiger partial charge on any atom is -0.457 e. The van der Waals surface area contributed by atoms with E-state index in [9.17, 15) is 0 Å². The Morgan fingerprint density at radius 2 is 1.58 bits per heavy atom. The van der Waals surface area contributed by atoms with E-state index in [0.29, 0.717) is 6.04 Å². The van der Waals surface area contributed by atoms with Gasteiger partial charge in [-0.05, 0) is 61.3 Å². The minimum absolute atomic E-state index is 0.505.